The molecule has 0 aliphatic heterocycles. The number of halogens is 3. The van der Waals surface area contributed by atoms with E-state index in [1.165, 1.54) is 24.3 Å². The molecule has 0 saturated carbocycles. The number of aromatic nitrogens is 2. The number of H-pyrrole nitrogens is 1. The van der Waals surface area contributed by atoms with Crippen LogP contribution in [0.4, 0.5) is 13.2 Å². The van der Waals surface area contributed by atoms with Gasteiger partial charge < -0.3 is 0 Å². The number of aromatic amines is 1. The molecular weight excluding hydrogens is 345 g/mol. The predicted octanol–water partition coefficient (Wildman–Crippen LogP) is 3.86. The number of benzene rings is 2. The molecular formula is C18H13F3N4O. The van der Waals surface area contributed by atoms with Crippen LogP contribution in [0.1, 0.15) is 21.6 Å². The summed E-state index contributed by atoms with van der Waals surface area (Å²) in [6.45, 7) is 0. The van der Waals surface area contributed by atoms with Crippen LogP contribution >= 0.6 is 0 Å². The maximum atomic E-state index is 12.9. The third-order valence-corrected chi connectivity index (χ3v) is 3.53. The summed E-state index contributed by atoms with van der Waals surface area (Å²) >= 11 is 0. The molecule has 1 heterocycles. The van der Waals surface area contributed by atoms with Gasteiger partial charge in [-0.1, -0.05) is 48.5 Å². The Morgan fingerprint density at radius 2 is 1.77 bits per heavy atom. The molecule has 0 saturated heterocycles. The van der Waals surface area contributed by atoms with Crippen molar-refractivity contribution in [2.45, 2.75) is 6.18 Å². The molecule has 26 heavy (non-hydrogen) atoms. The minimum Gasteiger partial charge on any atom is -0.272 e. The van der Waals surface area contributed by atoms with Gasteiger partial charge in [0.25, 0.3) is 5.91 Å². The first-order valence-corrected chi connectivity index (χ1v) is 7.55. The van der Waals surface area contributed by atoms with Crippen molar-refractivity contribution in [1.82, 2.24) is 15.6 Å². The molecule has 0 atom stereocenters. The van der Waals surface area contributed by atoms with Gasteiger partial charge in [0.15, 0.2) is 0 Å². The summed E-state index contributed by atoms with van der Waals surface area (Å²) in [7, 11) is 0. The summed E-state index contributed by atoms with van der Waals surface area (Å²) in [5, 5.41) is 10.2. The normalized spacial score (nSPS) is 11.7. The number of hydrazone groups is 1. The highest BCUT2D eigenvalue weighted by atomic mass is 19.4. The lowest BCUT2D eigenvalue weighted by Crippen LogP contribution is -2.18. The minimum absolute atomic E-state index is 0.144. The van der Waals surface area contributed by atoms with E-state index in [2.05, 4.69) is 20.7 Å². The number of amides is 1. The van der Waals surface area contributed by atoms with Crippen molar-refractivity contribution in [2.75, 3.05) is 0 Å². The molecule has 1 aromatic heterocycles. The van der Waals surface area contributed by atoms with Gasteiger partial charge in [-0.05, 0) is 12.1 Å². The van der Waals surface area contributed by atoms with E-state index in [0.717, 1.165) is 17.8 Å². The fraction of sp³-hybridized carbons (Fsp3) is 0.0556. The molecule has 0 spiro atoms. The Balaban J connectivity index is 1.70. The predicted molar refractivity (Wildman–Crippen MR) is 90.5 cm³/mol. The molecule has 2 aromatic carbocycles. The van der Waals surface area contributed by atoms with Crippen molar-refractivity contribution in [1.29, 1.82) is 0 Å². The van der Waals surface area contributed by atoms with Crippen molar-refractivity contribution in [3.05, 3.63) is 77.5 Å². The zero-order valence-electron chi connectivity index (χ0n) is 13.3. The van der Waals surface area contributed by atoms with Gasteiger partial charge in [-0.15, -0.1) is 0 Å². The highest BCUT2D eigenvalue weighted by Gasteiger charge is 2.32. The third-order valence-electron chi connectivity index (χ3n) is 3.53. The first kappa shape index (κ1) is 17.4. The van der Waals surface area contributed by atoms with Crippen LogP contribution in [0.15, 0.2) is 65.8 Å². The minimum atomic E-state index is -4.50. The van der Waals surface area contributed by atoms with Crippen molar-refractivity contribution < 1.29 is 18.0 Å². The highest BCUT2D eigenvalue weighted by molar-refractivity contribution is 5.94. The molecule has 8 heteroatoms. The summed E-state index contributed by atoms with van der Waals surface area (Å²) in [5.41, 5.74) is 2.75. The van der Waals surface area contributed by atoms with Gasteiger partial charge in [0, 0.05) is 11.1 Å². The topological polar surface area (TPSA) is 70.1 Å². The average molecular weight is 358 g/mol. The van der Waals surface area contributed by atoms with Crippen molar-refractivity contribution in [3.63, 3.8) is 0 Å². The number of nitrogens with zero attached hydrogens (tertiary/aromatic N) is 2. The molecule has 5 nitrogen and oxygen atoms in total. The van der Waals surface area contributed by atoms with Crippen molar-refractivity contribution >= 4 is 12.1 Å². The fourth-order valence-corrected chi connectivity index (χ4v) is 2.28. The Hall–Kier alpha value is -3.42. The van der Waals surface area contributed by atoms with Gasteiger partial charge in [-0.3, -0.25) is 9.89 Å². The number of hydrogen-bond acceptors (Lipinski definition) is 3. The Kier molecular flexibility index (Phi) is 4.83. The number of hydrogen-bond donors (Lipinski definition) is 2. The van der Waals surface area contributed by atoms with E-state index in [-0.39, 0.29) is 11.3 Å². The van der Waals surface area contributed by atoms with Crippen LogP contribution < -0.4 is 5.43 Å². The van der Waals surface area contributed by atoms with Gasteiger partial charge >= 0.3 is 6.18 Å². The summed E-state index contributed by atoms with van der Waals surface area (Å²) in [6, 6.07) is 15.7. The standard InChI is InChI=1S/C18H13F3N4O/c19-18(20,21)14-9-5-4-8-13(14)11-22-25-17(26)16-10-15(23-24-16)12-6-2-1-3-7-12/h1-11H,(H,23,24)(H,25,26)/b22-11-. The Morgan fingerprint density at radius 3 is 2.50 bits per heavy atom. The van der Waals surface area contributed by atoms with E-state index in [1.54, 1.807) is 0 Å². The van der Waals surface area contributed by atoms with E-state index in [9.17, 15) is 18.0 Å². The Labute approximate surface area is 146 Å². The van der Waals surface area contributed by atoms with Crippen LogP contribution in [0.2, 0.25) is 0 Å². The fourth-order valence-electron chi connectivity index (χ4n) is 2.28. The second-order valence-corrected chi connectivity index (χ2v) is 5.32. The first-order valence-electron chi connectivity index (χ1n) is 7.55. The van der Waals surface area contributed by atoms with Crippen LogP contribution in [0.25, 0.3) is 11.3 Å². The van der Waals surface area contributed by atoms with Crippen LogP contribution in [-0.2, 0) is 6.18 Å². The Bertz CT molecular complexity index is 933. The largest absolute Gasteiger partial charge is 0.417 e. The molecule has 0 fully saturated rings. The molecule has 0 aliphatic carbocycles. The van der Waals surface area contributed by atoms with Gasteiger partial charge in [0.05, 0.1) is 17.5 Å². The van der Waals surface area contributed by atoms with E-state index in [0.29, 0.717) is 5.69 Å². The number of carbonyl (C=O) groups is 1. The van der Waals surface area contributed by atoms with Crippen LogP contribution in [-0.4, -0.2) is 22.3 Å². The molecule has 0 bridgehead atoms. The van der Waals surface area contributed by atoms with E-state index in [4.69, 9.17) is 0 Å². The molecule has 0 radical (unpaired) electrons. The SMILES string of the molecule is O=C(N/N=C\c1ccccc1C(F)(F)F)c1cc(-c2ccccc2)n[nH]1. The maximum absolute atomic E-state index is 12.9. The smallest absolute Gasteiger partial charge is 0.272 e. The second-order valence-electron chi connectivity index (χ2n) is 5.32. The molecule has 3 rings (SSSR count). The molecule has 1 amide bonds. The number of nitrogens with one attached hydrogen (secondary N) is 2. The number of carbonyl (C=O) groups excluding carboxylic acids is 1. The van der Waals surface area contributed by atoms with E-state index >= 15 is 0 Å². The van der Waals surface area contributed by atoms with Gasteiger partial charge in [-0.25, -0.2) is 5.43 Å². The average Bonchev–Trinajstić information content (AvgIpc) is 3.12. The molecule has 3 aromatic rings. The summed E-state index contributed by atoms with van der Waals surface area (Å²) in [5.74, 6) is -0.611. The monoisotopic (exact) mass is 358 g/mol. The Morgan fingerprint density at radius 1 is 1.08 bits per heavy atom. The molecule has 132 valence electrons. The molecule has 2 N–H and O–H groups in total. The van der Waals surface area contributed by atoms with Crippen molar-refractivity contribution in [3.8, 4) is 11.3 Å². The van der Waals surface area contributed by atoms with Crippen LogP contribution in [0, 0.1) is 0 Å². The zero-order chi connectivity index (χ0) is 18.6. The first-order chi connectivity index (χ1) is 12.4. The third kappa shape index (κ3) is 3.97. The lowest BCUT2D eigenvalue weighted by Gasteiger charge is -2.09. The second kappa shape index (κ2) is 7.22. The van der Waals surface area contributed by atoms with E-state index in [1.807, 2.05) is 30.3 Å². The zero-order valence-corrected chi connectivity index (χ0v) is 13.3. The van der Waals surface area contributed by atoms with Crippen molar-refractivity contribution in [2.24, 2.45) is 5.10 Å². The maximum Gasteiger partial charge on any atom is 0.417 e. The highest BCUT2D eigenvalue weighted by Crippen LogP contribution is 2.31. The molecule has 0 unspecified atom stereocenters. The summed E-state index contributed by atoms with van der Waals surface area (Å²) < 4.78 is 38.7. The summed E-state index contributed by atoms with van der Waals surface area (Å²) in [4.78, 5) is 12.0. The quantitative estimate of drug-likeness (QED) is 0.549. The van der Waals surface area contributed by atoms with Crippen LogP contribution in [0.3, 0.4) is 0 Å². The summed E-state index contributed by atoms with van der Waals surface area (Å²) in [6.07, 6.45) is -3.55. The lowest BCUT2D eigenvalue weighted by atomic mass is 10.1. The van der Waals surface area contributed by atoms with Gasteiger partial charge in [-0.2, -0.15) is 23.4 Å². The van der Waals surface area contributed by atoms with Gasteiger partial charge in [0.2, 0.25) is 0 Å². The molecule has 0 aliphatic rings. The lowest BCUT2D eigenvalue weighted by molar-refractivity contribution is -0.137. The number of rotatable bonds is 4. The van der Waals surface area contributed by atoms with Gasteiger partial charge in [0.1, 0.15) is 5.69 Å². The number of alkyl halides is 3. The van der Waals surface area contributed by atoms with Crippen LogP contribution in [0.5, 0.6) is 0 Å². The van der Waals surface area contributed by atoms with E-state index < -0.39 is 17.6 Å².